The van der Waals surface area contributed by atoms with Crippen molar-refractivity contribution in [3.05, 3.63) is 75.7 Å². The number of ether oxygens (including phenoxy) is 2. The molecule has 7 heteroatoms. The third kappa shape index (κ3) is 5.06. The zero-order valence-electron chi connectivity index (χ0n) is 17.2. The number of hydrogen-bond donors (Lipinski definition) is 2. The second-order valence-corrected chi connectivity index (χ2v) is 7.95. The van der Waals surface area contributed by atoms with Crippen LogP contribution in [0.1, 0.15) is 38.8 Å². The number of carbonyl (C=O) groups excluding carboxylic acids is 2. The van der Waals surface area contributed by atoms with Gasteiger partial charge >= 0.3 is 0 Å². The maximum absolute atomic E-state index is 13.0. The fourth-order valence-electron chi connectivity index (χ4n) is 3.04. The second-order valence-electron chi connectivity index (χ2n) is 6.82. The van der Waals surface area contributed by atoms with Crippen LogP contribution in [-0.4, -0.2) is 18.8 Å². The van der Waals surface area contributed by atoms with Crippen molar-refractivity contribution in [3.63, 3.8) is 0 Å². The van der Waals surface area contributed by atoms with Crippen LogP contribution < -0.4 is 15.8 Å². The molecule has 156 valence electrons. The number of thiophene rings is 1. The van der Waals surface area contributed by atoms with Crippen molar-refractivity contribution >= 4 is 33.7 Å². The topological polar surface area (TPSA) is 90.7 Å². The van der Waals surface area contributed by atoms with E-state index in [9.17, 15) is 9.59 Å². The number of rotatable bonds is 8. The molecular weight excluding hydrogens is 400 g/mol. The van der Waals surface area contributed by atoms with Crippen LogP contribution in [0.2, 0.25) is 0 Å². The number of anilines is 2. The summed E-state index contributed by atoms with van der Waals surface area (Å²) < 4.78 is 11.0. The average Bonchev–Trinajstić information content (AvgIpc) is 3.01. The summed E-state index contributed by atoms with van der Waals surface area (Å²) in [5, 5.41) is 3.16. The van der Waals surface area contributed by atoms with Crippen LogP contribution >= 0.6 is 11.3 Å². The van der Waals surface area contributed by atoms with Gasteiger partial charge in [-0.1, -0.05) is 12.1 Å². The van der Waals surface area contributed by atoms with E-state index in [4.69, 9.17) is 15.2 Å². The highest BCUT2D eigenvalue weighted by Crippen LogP contribution is 2.33. The van der Waals surface area contributed by atoms with E-state index < -0.39 is 0 Å². The lowest BCUT2D eigenvalue weighted by Gasteiger charge is -2.07. The van der Waals surface area contributed by atoms with Crippen LogP contribution in [-0.2, 0) is 22.7 Å². The molecule has 0 aliphatic heterocycles. The van der Waals surface area contributed by atoms with E-state index in [2.05, 4.69) is 5.32 Å². The molecule has 1 heterocycles. The van der Waals surface area contributed by atoms with Gasteiger partial charge in [0, 0.05) is 23.1 Å². The quantitative estimate of drug-likeness (QED) is 0.518. The lowest BCUT2D eigenvalue weighted by atomic mass is 10.0. The number of carbonyl (C=O) groups is 2. The van der Waals surface area contributed by atoms with Crippen LogP contribution in [0, 0.1) is 6.92 Å². The predicted molar refractivity (Wildman–Crippen MR) is 119 cm³/mol. The van der Waals surface area contributed by atoms with Gasteiger partial charge in [-0.3, -0.25) is 9.59 Å². The number of nitrogen functional groups attached to an aromatic ring is 1. The maximum atomic E-state index is 13.0. The molecular formula is C23H24N2O4S. The third-order valence-electron chi connectivity index (χ3n) is 4.63. The Labute approximate surface area is 179 Å². The van der Waals surface area contributed by atoms with E-state index in [1.807, 2.05) is 31.2 Å². The minimum absolute atomic E-state index is 0.142. The van der Waals surface area contributed by atoms with Gasteiger partial charge in [-0.25, -0.2) is 0 Å². The third-order valence-corrected chi connectivity index (χ3v) is 5.72. The molecule has 0 saturated heterocycles. The molecule has 1 amide bonds. The maximum Gasteiger partial charge on any atom is 0.221 e. The lowest BCUT2D eigenvalue weighted by molar-refractivity contribution is -0.114. The van der Waals surface area contributed by atoms with Gasteiger partial charge in [-0.2, -0.15) is 0 Å². The number of amides is 1. The fraction of sp³-hybridized carbons (Fsp3) is 0.217. The summed E-state index contributed by atoms with van der Waals surface area (Å²) in [6, 6.07) is 14.5. The minimum Gasteiger partial charge on any atom is -0.497 e. The molecule has 0 atom stereocenters. The summed E-state index contributed by atoms with van der Waals surface area (Å²) >= 11 is 1.37. The number of ketones is 1. The highest BCUT2D eigenvalue weighted by atomic mass is 32.1. The molecule has 0 fully saturated rings. The van der Waals surface area contributed by atoms with Crippen molar-refractivity contribution in [1.82, 2.24) is 0 Å². The van der Waals surface area contributed by atoms with E-state index in [0.717, 1.165) is 21.8 Å². The molecule has 0 radical (unpaired) electrons. The molecule has 0 aliphatic carbocycles. The van der Waals surface area contributed by atoms with Gasteiger partial charge in [0.2, 0.25) is 5.91 Å². The van der Waals surface area contributed by atoms with Crippen LogP contribution in [0.15, 0.2) is 48.5 Å². The van der Waals surface area contributed by atoms with Gasteiger partial charge in [-0.05, 0) is 54.4 Å². The molecule has 2 aromatic carbocycles. The number of methoxy groups -OCH3 is 1. The van der Waals surface area contributed by atoms with Crippen LogP contribution in [0.25, 0.3) is 0 Å². The molecule has 0 bridgehead atoms. The Morgan fingerprint density at radius 2 is 1.70 bits per heavy atom. The first-order valence-electron chi connectivity index (χ1n) is 9.39. The molecule has 3 rings (SSSR count). The Bertz CT molecular complexity index is 1040. The Hall–Kier alpha value is -3.16. The molecule has 0 spiro atoms. The van der Waals surface area contributed by atoms with Crippen LogP contribution in [0.4, 0.5) is 10.7 Å². The highest BCUT2D eigenvalue weighted by Gasteiger charge is 2.21. The van der Waals surface area contributed by atoms with Gasteiger partial charge < -0.3 is 20.5 Å². The zero-order valence-corrected chi connectivity index (χ0v) is 18.0. The lowest BCUT2D eigenvalue weighted by Crippen LogP contribution is -2.07. The summed E-state index contributed by atoms with van der Waals surface area (Å²) in [5.74, 6) is 0.497. The first kappa shape index (κ1) is 21.5. The van der Waals surface area contributed by atoms with Gasteiger partial charge in [0.1, 0.15) is 5.75 Å². The molecule has 3 N–H and O–H groups in total. The smallest absolute Gasteiger partial charge is 0.221 e. The van der Waals surface area contributed by atoms with E-state index in [0.29, 0.717) is 35.0 Å². The Balaban J connectivity index is 1.68. The number of nitrogens with two attached hydrogens (primary N) is 1. The van der Waals surface area contributed by atoms with Crippen LogP contribution in [0.3, 0.4) is 0 Å². The van der Waals surface area contributed by atoms with E-state index in [1.54, 1.807) is 31.4 Å². The summed E-state index contributed by atoms with van der Waals surface area (Å²) in [5.41, 5.74) is 9.70. The summed E-state index contributed by atoms with van der Waals surface area (Å²) in [7, 11) is 1.63. The van der Waals surface area contributed by atoms with Crippen molar-refractivity contribution in [2.75, 3.05) is 18.2 Å². The molecule has 6 nitrogen and oxygen atoms in total. The molecule has 0 saturated carbocycles. The zero-order chi connectivity index (χ0) is 21.7. The SMILES string of the molecule is COc1ccc(COCc2sc(N)c(C(=O)c3ccc(NC(C)=O)cc3)c2C)cc1. The largest absolute Gasteiger partial charge is 0.497 e. The molecule has 1 aromatic heterocycles. The second kappa shape index (κ2) is 9.56. The normalized spacial score (nSPS) is 10.6. The van der Waals surface area contributed by atoms with Gasteiger partial charge in [-0.15, -0.1) is 11.3 Å². The monoisotopic (exact) mass is 424 g/mol. The van der Waals surface area contributed by atoms with Crippen molar-refractivity contribution in [1.29, 1.82) is 0 Å². The van der Waals surface area contributed by atoms with E-state index >= 15 is 0 Å². The summed E-state index contributed by atoms with van der Waals surface area (Å²) in [6.45, 7) is 4.15. The van der Waals surface area contributed by atoms with Gasteiger partial charge in [0.15, 0.2) is 5.78 Å². The predicted octanol–water partition coefficient (Wildman–Crippen LogP) is 4.55. The van der Waals surface area contributed by atoms with E-state index in [1.165, 1.54) is 18.3 Å². The van der Waals surface area contributed by atoms with Gasteiger partial charge in [0.05, 0.1) is 30.9 Å². The Kier molecular flexibility index (Phi) is 6.87. The van der Waals surface area contributed by atoms with E-state index in [-0.39, 0.29) is 11.7 Å². The summed E-state index contributed by atoms with van der Waals surface area (Å²) in [6.07, 6.45) is 0. The molecule has 3 aromatic rings. The van der Waals surface area contributed by atoms with Crippen molar-refractivity contribution in [2.45, 2.75) is 27.1 Å². The molecule has 0 aliphatic rings. The first-order valence-corrected chi connectivity index (χ1v) is 10.2. The summed E-state index contributed by atoms with van der Waals surface area (Å²) in [4.78, 5) is 25.0. The Morgan fingerprint density at radius 1 is 1.03 bits per heavy atom. The number of hydrogen-bond acceptors (Lipinski definition) is 6. The van der Waals surface area contributed by atoms with Crippen LogP contribution in [0.5, 0.6) is 5.75 Å². The highest BCUT2D eigenvalue weighted by molar-refractivity contribution is 7.16. The number of benzene rings is 2. The van der Waals surface area contributed by atoms with Crippen molar-refractivity contribution in [2.24, 2.45) is 0 Å². The van der Waals surface area contributed by atoms with Crippen molar-refractivity contribution in [3.8, 4) is 5.75 Å². The van der Waals surface area contributed by atoms with Crippen molar-refractivity contribution < 1.29 is 19.1 Å². The molecule has 30 heavy (non-hydrogen) atoms. The first-order chi connectivity index (χ1) is 14.4. The minimum atomic E-state index is -0.161. The molecule has 0 unspecified atom stereocenters. The fourth-order valence-corrected chi connectivity index (χ4v) is 4.05. The number of nitrogens with one attached hydrogen (secondary N) is 1. The standard InChI is InChI=1S/C23H24N2O4S/c1-14-20(13-29-12-16-4-10-19(28-3)11-5-16)30-23(24)21(14)22(27)17-6-8-18(9-7-17)25-15(2)26/h4-11H,12-13,24H2,1-3H3,(H,25,26). The van der Waals surface area contributed by atoms with Gasteiger partial charge in [0.25, 0.3) is 0 Å². The Morgan fingerprint density at radius 3 is 2.30 bits per heavy atom. The average molecular weight is 425 g/mol.